The summed E-state index contributed by atoms with van der Waals surface area (Å²) in [4.78, 5) is 4.32. The number of aliphatic hydroxyl groups is 1. The highest BCUT2D eigenvalue weighted by atomic mass is 16.5. The Kier molecular flexibility index (Phi) is 5.82. The maximum Gasteiger partial charge on any atom is 0.213 e. The van der Waals surface area contributed by atoms with Crippen LogP contribution in [0.4, 0.5) is 0 Å². The van der Waals surface area contributed by atoms with E-state index in [-0.39, 0.29) is 6.61 Å². The van der Waals surface area contributed by atoms with E-state index in [1.165, 1.54) is 0 Å². The van der Waals surface area contributed by atoms with E-state index in [0.717, 1.165) is 24.1 Å². The Morgan fingerprint density at radius 3 is 2.75 bits per heavy atom. The third-order valence-corrected chi connectivity index (χ3v) is 2.20. The van der Waals surface area contributed by atoms with Gasteiger partial charge in [0.25, 0.3) is 0 Å². The van der Waals surface area contributed by atoms with Gasteiger partial charge in [-0.25, -0.2) is 4.98 Å². The van der Waals surface area contributed by atoms with Crippen molar-refractivity contribution in [3.05, 3.63) is 23.4 Å². The number of aryl methyl sites for hydroxylation is 1. The molecule has 1 heterocycles. The van der Waals surface area contributed by atoms with E-state index < -0.39 is 0 Å². The van der Waals surface area contributed by atoms with E-state index in [1.807, 2.05) is 13.0 Å². The molecule has 0 aliphatic carbocycles. The standard InChI is InChI=1S/C12H19NO3/c1-3-11-7-10(9-14)8-12(13-11)16-6-4-5-15-2/h7-8,14H,3-6,9H2,1-2H3. The van der Waals surface area contributed by atoms with Crippen LogP contribution in [0.1, 0.15) is 24.6 Å². The van der Waals surface area contributed by atoms with Crippen molar-refractivity contribution < 1.29 is 14.6 Å². The van der Waals surface area contributed by atoms with Crippen molar-refractivity contribution in [2.75, 3.05) is 20.3 Å². The summed E-state index contributed by atoms with van der Waals surface area (Å²) in [5, 5.41) is 9.09. The van der Waals surface area contributed by atoms with Gasteiger partial charge in [-0.3, -0.25) is 0 Å². The van der Waals surface area contributed by atoms with Crippen molar-refractivity contribution in [1.29, 1.82) is 0 Å². The van der Waals surface area contributed by atoms with Crippen molar-refractivity contribution in [3.8, 4) is 5.88 Å². The minimum Gasteiger partial charge on any atom is -0.478 e. The minimum atomic E-state index is 0.0178. The Morgan fingerprint density at radius 2 is 2.12 bits per heavy atom. The fraction of sp³-hybridized carbons (Fsp3) is 0.583. The summed E-state index contributed by atoms with van der Waals surface area (Å²) in [6, 6.07) is 3.66. The molecule has 90 valence electrons. The fourth-order valence-corrected chi connectivity index (χ4v) is 1.35. The molecule has 0 aliphatic heterocycles. The first-order chi connectivity index (χ1) is 7.80. The summed E-state index contributed by atoms with van der Waals surface area (Å²) < 4.78 is 10.4. The molecular formula is C12H19NO3. The van der Waals surface area contributed by atoms with Gasteiger partial charge in [-0.2, -0.15) is 0 Å². The molecule has 1 rings (SSSR count). The van der Waals surface area contributed by atoms with Crippen molar-refractivity contribution in [2.24, 2.45) is 0 Å². The smallest absolute Gasteiger partial charge is 0.213 e. The zero-order valence-corrected chi connectivity index (χ0v) is 9.90. The number of ether oxygens (including phenoxy) is 2. The van der Waals surface area contributed by atoms with Gasteiger partial charge in [0.1, 0.15) is 0 Å². The summed E-state index contributed by atoms with van der Waals surface area (Å²) in [5.41, 5.74) is 1.78. The van der Waals surface area contributed by atoms with Gasteiger partial charge in [0.2, 0.25) is 5.88 Å². The highest BCUT2D eigenvalue weighted by Gasteiger charge is 2.02. The Morgan fingerprint density at radius 1 is 1.31 bits per heavy atom. The topological polar surface area (TPSA) is 51.6 Å². The Hall–Kier alpha value is -1.13. The quantitative estimate of drug-likeness (QED) is 0.715. The molecule has 0 saturated heterocycles. The molecule has 0 amide bonds. The van der Waals surface area contributed by atoms with Crippen LogP contribution in [-0.2, 0) is 17.8 Å². The summed E-state index contributed by atoms with van der Waals surface area (Å²) in [5.74, 6) is 0.583. The Bertz CT molecular complexity index is 293. The van der Waals surface area contributed by atoms with Gasteiger partial charge in [-0.1, -0.05) is 6.92 Å². The van der Waals surface area contributed by atoms with Gasteiger partial charge in [0, 0.05) is 31.9 Å². The first-order valence-corrected chi connectivity index (χ1v) is 5.52. The third kappa shape index (κ3) is 4.16. The van der Waals surface area contributed by atoms with Crippen molar-refractivity contribution in [3.63, 3.8) is 0 Å². The van der Waals surface area contributed by atoms with Crippen molar-refractivity contribution in [2.45, 2.75) is 26.4 Å². The van der Waals surface area contributed by atoms with E-state index in [9.17, 15) is 0 Å². The molecule has 1 aromatic heterocycles. The third-order valence-electron chi connectivity index (χ3n) is 2.20. The Balaban J connectivity index is 2.57. The molecule has 0 radical (unpaired) electrons. The number of rotatable bonds is 7. The molecule has 4 nitrogen and oxygen atoms in total. The number of hydrogen-bond donors (Lipinski definition) is 1. The molecule has 4 heteroatoms. The predicted octanol–water partition coefficient (Wildman–Crippen LogP) is 1.55. The Labute approximate surface area is 96.2 Å². The summed E-state index contributed by atoms with van der Waals surface area (Å²) in [6.45, 7) is 3.31. The summed E-state index contributed by atoms with van der Waals surface area (Å²) >= 11 is 0. The minimum absolute atomic E-state index is 0.0178. The number of methoxy groups -OCH3 is 1. The monoisotopic (exact) mass is 225 g/mol. The fourth-order valence-electron chi connectivity index (χ4n) is 1.35. The van der Waals surface area contributed by atoms with Gasteiger partial charge < -0.3 is 14.6 Å². The van der Waals surface area contributed by atoms with E-state index >= 15 is 0 Å². The molecule has 1 N–H and O–H groups in total. The van der Waals surface area contributed by atoms with E-state index in [1.54, 1.807) is 13.2 Å². The first kappa shape index (κ1) is 12.9. The zero-order valence-electron chi connectivity index (χ0n) is 9.90. The lowest BCUT2D eigenvalue weighted by atomic mass is 10.2. The number of aromatic nitrogens is 1. The largest absolute Gasteiger partial charge is 0.478 e. The number of hydrogen-bond acceptors (Lipinski definition) is 4. The molecule has 0 aromatic carbocycles. The molecule has 16 heavy (non-hydrogen) atoms. The van der Waals surface area contributed by atoms with Crippen LogP contribution in [0.25, 0.3) is 0 Å². The van der Waals surface area contributed by atoms with Crippen LogP contribution in [0, 0.1) is 0 Å². The second-order valence-electron chi connectivity index (χ2n) is 3.51. The van der Waals surface area contributed by atoms with Gasteiger partial charge in [0.15, 0.2) is 0 Å². The molecule has 0 saturated carbocycles. The molecule has 0 bridgehead atoms. The van der Waals surface area contributed by atoms with E-state index in [0.29, 0.717) is 19.1 Å². The van der Waals surface area contributed by atoms with Crippen LogP contribution in [0.2, 0.25) is 0 Å². The summed E-state index contributed by atoms with van der Waals surface area (Å²) in [6.07, 6.45) is 1.67. The van der Waals surface area contributed by atoms with Gasteiger partial charge in [0.05, 0.1) is 13.2 Å². The molecule has 1 aromatic rings. The molecular weight excluding hydrogens is 206 g/mol. The number of nitrogens with zero attached hydrogens (tertiary/aromatic N) is 1. The second-order valence-corrected chi connectivity index (χ2v) is 3.51. The van der Waals surface area contributed by atoms with Crippen LogP contribution in [-0.4, -0.2) is 30.4 Å². The SMILES string of the molecule is CCc1cc(CO)cc(OCCCOC)n1. The average molecular weight is 225 g/mol. The average Bonchev–Trinajstić information content (AvgIpc) is 2.34. The van der Waals surface area contributed by atoms with Gasteiger partial charge >= 0.3 is 0 Å². The van der Waals surface area contributed by atoms with Crippen molar-refractivity contribution >= 4 is 0 Å². The maximum absolute atomic E-state index is 9.09. The molecule has 0 atom stereocenters. The van der Waals surface area contributed by atoms with Crippen LogP contribution in [0.5, 0.6) is 5.88 Å². The highest BCUT2D eigenvalue weighted by molar-refractivity contribution is 5.24. The van der Waals surface area contributed by atoms with Crippen LogP contribution >= 0.6 is 0 Å². The summed E-state index contributed by atoms with van der Waals surface area (Å²) in [7, 11) is 1.67. The highest BCUT2D eigenvalue weighted by Crippen LogP contribution is 2.13. The second kappa shape index (κ2) is 7.19. The van der Waals surface area contributed by atoms with E-state index in [2.05, 4.69) is 4.98 Å². The molecule has 0 unspecified atom stereocenters. The lowest BCUT2D eigenvalue weighted by Gasteiger charge is -2.08. The maximum atomic E-state index is 9.09. The lowest BCUT2D eigenvalue weighted by Crippen LogP contribution is -2.04. The predicted molar refractivity (Wildman–Crippen MR) is 61.5 cm³/mol. The van der Waals surface area contributed by atoms with Crippen molar-refractivity contribution in [1.82, 2.24) is 4.98 Å². The van der Waals surface area contributed by atoms with Crippen LogP contribution in [0.15, 0.2) is 12.1 Å². The molecule has 0 spiro atoms. The zero-order chi connectivity index (χ0) is 11.8. The van der Waals surface area contributed by atoms with Gasteiger partial charge in [-0.15, -0.1) is 0 Å². The molecule has 0 fully saturated rings. The van der Waals surface area contributed by atoms with E-state index in [4.69, 9.17) is 14.6 Å². The first-order valence-electron chi connectivity index (χ1n) is 5.52. The van der Waals surface area contributed by atoms with Crippen LogP contribution in [0.3, 0.4) is 0 Å². The van der Waals surface area contributed by atoms with Crippen LogP contribution < -0.4 is 4.74 Å². The van der Waals surface area contributed by atoms with Gasteiger partial charge in [-0.05, 0) is 18.1 Å². The number of aliphatic hydroxyl groups excluding tert-OH is 1. The number of pyridine rings is 1. The lowest BCUT2D eigenvalue weighted by molar-refractivity contribution is 0.170. The normalized spacial score (nSPS) is 10.4. The molecule has 0 aliphatic rings.